The first-order valence-electron chi connectivity index (χ1n) is 9.34. The normalized spacial score (nSPS) is 15.1. The molecule has 4 heterocycles. The summed E-state index contributed by atoms with van der Waals surface area (Å²) in [7, 11) is 1.87. The van der Waals surface area contributed by atoms with Crippen LogP contribution in [0, 0.1) is 13.8 Å². The first kappa shape index (κ1) is 18.8. The Balaban J connectivity index is 1.49. The highest BCUT2D eigenvalue weighted by Crippen LogP contribution is 2.26. The van der Waals surface area contributed by atoms with Gasteiger partial charge in [-0.05, 0) is 26.0 Å². The van der Waals surface area contributed by atoms with Crippen LogP contribution in [-0.4, -0.2) is 61.8 Å². The summed E-state index contributed by atoms with van der Waals surface area (Å²) in [6.07, 6.45) is 0. The van der Waals surface area contributed by atoms with Crippen molar-refractivity contribution in [1.82, 2.24) is 29.7 Å². The van der Waals surface area contributed by atoms with Gasteiger partial charge in [0.2, 0.25) is 0 Å². The van der Waals surface area contributed by atoms with Crippen LogP contribution in [0.1, 0.15) is 47.0 Å². The Morgan fingerprint density at radius 3 is 2.54 bits per heavy atom. The third-order valence-corrected chi connectivity index (χ3v) is 6.13. The first-order valence-corrected chi connectivity index (χ1v) is 10.2. The lowest BCUT2D eigenvalue weighted by molar-refractivity contribution is 0.0709. The fraction of sp³-hybridized carbons (Fsp3) is 0.526. The van der Waals surface area contributed by atoms with Gasteiger partial charge in [0.25, 0.3) is 5.91 Å². The Labute approximate surface area is 168 Å². The number of fused-ring (bicyclic) bond motifs is 1. The second-order valence-corrected chi connectivity index (χ2v) is 9.56. The summed E-state index contributed by atoms with van der Waals surface area (Å²) in [5, 5.41) is 14.2. The van der Waals surface area contributed by atoms with Crippen LogP contribution in [0.25, 0.3) is 5.65 Å². The zero-order chi connectivity index (χ0) is 20.2. The molecule has 1 fully saturated rings. The number of carbonyl (C=O) groups is 1. The van der Waals surface area contributed by atoms with Crippen LogP contribution < -0.4 is 4.90 Å². The predicted octanol–water partition coefficient (Wildman–Crippen LogP) is 2.46. The van der Waals surface area contributed by atoms with Gasteiger partial charge in [0.1, 0.15) is 10.7 Å². The van der Waals surface area contributed by atoms with Crippen molar-refractivity contribution in [2.75, 3.05) is 25.0 Å². The van der Waals surface area contributed by atoms with Crippen molar-refractivity contribution in [3.63, 3.8) is 0 Å². The van der Waals surface area contributed by atoms with Gasteiger partial charge in [-0.2, -0.15) is 4.52 Å². The maximum absolute atomic E-state index is 12.8. The van der Waals surface area contributed by atoms with Crippen LogP contribution in [-0.2, 0) is 5.41 Å². The number of nitrogens with zero attached hydrogens (tertiary/aromatic N) is 7. The molecule has 0 aliphatic carbocycles. The van der Waals surface area contributed by atoms with E-state index >= 15 is 0 Å². The molecule has 1 aliphatic rings. The van der Waals surface area contributed by atoms with Gasteiger partial charge in [-0.25, -0.2) is 4.98 Å². The number of aryl methyl sites for hydroxylation is 2. The number of anilines is 1. The third kappa shape index (κ3) is 3.13. The van der Waals surface area contributed by atoms with Gasteiger partial charge < -0.3 is 9.80 Å². The van der Waals surface area contributed by atoms with Crippen molar-refractivity contribution in [3.8, 4) is 0 Å². The van der Waals surface area contributed by atoms with Gasteiger partial charge in [-0.1, -0.05) is 20.8 Å². The lowest BCUT2D eigenvalue weighted by Crippen LogP contribution is -2.60. The third-order valence-electron chi connectivity index (χ3n) is 5.07. The van der Waals surface area contributed by atoms with Gasteiger partial charge in [0.15, 0.2) is 11.5 Å². The SMILES string of the molecule is Cc1nc(C)c(C(=O)N(C)C2CN(c3ccc4nnc(C(C)(C)C)n4n3)C2)s1. The Morgan fingerprint density at radius 1 is 1.21 bits per heavy atom. The number of aromatic nitrogens is 5. The van der Waals surface area contributed by atoms with E-state index in [1.54, 1.807) is 0 Å². The summed E-state index contributed by atoms with van der Waals surface area (Å²) >= 11 is 1.46. The molecule has 0 aromatic carbocycles. The minimum Gasteiger partial charge on any atom is -0.351 e. The molecule has 8 nitrogen and oxygen atoms in total. The summed E-state index contributed by atoms with van der Waals surface area (Å²) in [4.78, 5) is 21.9. The molecule has 0 atom stereocenters. The van der Waals surface area contributed by atoms with Gasteiger partial charge in [0.05, 0.1) is 16.7 Å². The molecule has 3 aromatic rings. The molecule has 148 valence electrons. The quantitative estimate of drug-likeness (QED) is 0.673. The van der Waals surface area contributed by atoms with E-state index in [0.29, 0.717) is 0 Å². The number of hydrogen-bond acceptors (Lipinski definition) is 7. The molecule has 9 heteroatoms. The second-order valence-electron chi connectivity index (χ2n) is 8.36. The smallest absolute Gasteiger partial charge is 0.265 e. The summed E-state index contributed by atoms with van der Waals surface area (Å²) in [5.41, 5.74) is 1.42. The molecule has 0 N–H and O–H groups in total. The van der Waals surface area contributed by atoms with E-state index < -0.39 is 0 Å². The van der Waals surface area contributed by atoms with E-state index in [1.807, 2.05) is 42.4 Å². The number of carbonyl (C=O) groups excluding carboxylic acids is 1. The van der Waals surface area contributed by atoms with Gasteiger partial charge in [-0.15, -0.1) is 26.6 Å². The van der Waals surface area contributed by atoms with Crippen molar-refractivity contribution in [2.45, 2.75) is 46.1 Å². The monoisotopic (exact) mass is 399 g/mol. The first-order chi connectivity index (χ1) is 13.1. The Hall–Kier alpha value is -2.55. The molecule has 28 heavy (non-hydrogen) atoms. The van der Waals surface area contributed by atoms with Crippen LogP contribution >= 0.6 is 11.3 Å². The topological polar surface area (TPSA) is 79.5 Å². The van der Waals surface area contributed by atoms with Crippen LogP contribution in [0.2, 0.25) is 0 Å². The molecule has 0 radical (unpaired) electrons. The zero-order valence-corrected chi connectivity index (χ0v) is 17.9. The minimum atomic E-state index is -0.139. The maximum Gasteiger partial charge on any atom is 0.265 e. The number of likely N-dealkylation sites (N-methyl/N-ethyl adjacent to an activating group) is 1. The van der Waals surface area contributed by atoms with Crippen molar-refractivity contribution in [1.29, 1.82) is 0 Å². The average Bonchev–Trinajstić information content (AvgIpc) is 3.14. The van der Waals surface area contributed by atoms with Gasteiger partial charge in [-0.3, -0.25) is 4.79 Å². The summed E-state index contributed by atoms with van der Waals surface area (Å²) < 4.78 is 1.82. The Morgan fingerprint density at radius 2 is 1.93 bits per heavy atom. The largest absolute Gasteiger partial charge is 0.351 e. The second kappa shape index (κ2) is 6.51. The molecular formula is C19H25N7OS. The van der Waals surface area contributed by atoms with E-state index in [-0.39, 0.29) is 17.4 Å². The summed E-state index contributed by atoms with van der Waals surface area (Å²) in [6, 6.07) is 4.07. The number of rotatable bonds is 3. The molecule has 0 unspecified atom stereocenters. The zero-order valence-electron chi connectivity index (χ0n) is 17.1. The molecule has 0 bridgehead atoms. The van der Waals surface area contributed by atoms with E-state index in [2.05, 4.69) is 40.9 Å². The van der Waals surface area contributed by atoms with Crippen molar-refractivity contribution in [2.24, 2.45) is 0 Å². The van der Waals surface area contributed by atoms with Crippen LogP contribution in [0.3, 0.4) is 0 Å². The summed E-state index contributed by atoms with van der Waals surface area (Å²) in [5.74, 6) is 1.76. The number of amides is 1. The summed E-state index contributed by atoms with van der Waals surface area (Å²) in [6.45, 7) is 11.6. The molecule has 4 rings (SSSR count). The molecule has 3 aromatic heterocycles. The maximum atomic E-state index is 12.8. The predicted molar refractivity (Wildman–Crippen MR) is 109 cm³/mol. The lowest BCUT2D eigenvalue weighted by atomic mass is 9.96. The minimum absolute atomic E-state index is 0.0463. The highest BCUT2D eigenvalue weighted by molar-refractivity contribution is 7.13. The molecule has 1 amide bonds. The van der Waals surface area contributed by atoms with E-state index in [1.165, 1.54) is 11.3 Å². The molecule has 1 saturated heterocycles. The molecule has 0 saturated carbocycles. The average molecular weight is 400 g/mol. The van der Waals surface area contributed by atoms with E-state index in [0.717, 1.165) is 46.0 Å². The molecule has 1 aliphatic heterocycles. The Bertz CT molecular complexity index is 1040. The van der Waals surface area contributed by atoms with E-state index in [4.69, 9.17) is 5.10 Å². The fourth-order valence-electron chi connectivity index (χ4n) is 3.36. The van der Waals surface area contributed by atoms with E-state index in [9.17, 15) is 4.79 Å². The Kier molecular flexibility index (Phi) is 4.37. The lowest BCUT2D eigenvalue weighted by Gasteiger charge is -2.44. The highest BCUT2D eigenvalue weighted by atomic mass is 32.1. The van der Waals surface area contributed by atoms with Crippen LogP contribution in [0.15, 0.2) is 12.1 Å². The number of thiazole rings is 1. The van der Waals surface area contributed by atoms with Crippen LogP contribution in [0.4, 0.5) is 5.82 Å². The highest BCUT2D eigenvalue weighted by Gasteiger charge is 2.35. The van der Waals surface area contributed by atoms with Crippen molar-refractivity contribution in [3.05, 3.63) is 33.5 Å². The standard InChI is InChI=1S/C19H25N7OS/c1-11-16(28-12(2)20-11)17(27)24(6)13-9-25(10-13)15-8-7-14-21-22-18(19(3,4)5)26(14)23-15/h7-8,13H,9-10H2,1-6H3. The molecule has 0 spiro atoms. The fourth-order valence-corrected chi connectivity index (χ4v) is 4.26. The number of hydrogen-bond donors (Lipinski definition) is 0. The van der Waals surface area contributed by atoms with Crippen LogP contribution in [0.5, 0.6) is 0 Å². The van der Waals surface area contributed by atoms with Crippen molar-refractivity contribution >= 4 is 28.7 Å². The molecular weight excluding hydrogens is 374 g/mol. The van der Waals surface area contributed by atoms with Gasteiger partial charge >= 0.3 is 0 Å². The van der Waals surface area contributed by atoms with Gasteiger partial charge in [0, 0.05) is 25.6 Å². The van der Waals surface area contributed by atoms with Crippen molar-refractivity contribution < 1.29 is 4.79 Å².